The van der Waals surface area contributed by atoms with E-state index in [0.717, 1.165) is 46.3 Å². The van der Waals surface area contributed by atoms with Crippen LogP contribution < -0.4 is 15.4 Å². The number of carbonyl (C=O) groups is 1. The van der Waals surface area contributed by atoms with Crippen LogP contribution in [0, 0.1) is 0 Å². The Balaban J connectivity index is 1.34. The molecule has 1 aliphatic heterocycles. The summed E-state index contributed by atoms with van der Waals surface area (Å²) in [5.41, 5.74) is 3.72. The quantitative estimate of drug-likeness (QED) is 0.358. The average molecular weight is 488 g/mol. The van der Waals surface area contributed by atoms with E-state index >= 15 is 0 Å². The Labute approximate surface area is 208 Å². The molecule has 2 aromatic heterocycles. The van der Waals surface area contributed by atoms with Crippen LogP contribution in [0.15, 0.2) is 36.5 Å². The van der Waals surface area contributed by atoms with Crippen molar-refractivity contribution in [1.29, 1.82) is 0 Å². The zero-order chi connectivity index (χ0) is 24.6. The van der Waals surface area contributed by atoms with Crippen LogP contribution in [0.4, 0.5) is 22.1 Å². The van der Waals surface area contributed by atoms with Gasteiger partial charge in [-0.2, -0.15) is 0 Å². The number of anilines is 3. The standard InChI is InChI=1S/C26H29N7O3/c1-15(2)36-21-5-3-4-17-14-27-25(32-22(17)21)28-18-12-19-23(31-24(29-19)16-6-7-16)20(13-18)30-26(34)33-8-10-35-11-9-33/h3-5,12-16H,6-11H2,1-2H3,(H,29,31)(H,30,34)(H,27,28,32). The van der Waals surface area contributed by atoms with Crippen molar-refractivity contribution < 1.29 is 14.3 Å². The van der Waals surface area contributed by atoms with Crippen molar-refractivity contribution in [2.45, 2.75) is 38.7 Å². The minimum Gasteiger partial charge on any atom is -0.489 e. The Kier molecular flexibility index (Phi) is 5.80. The molecule has 6 rings (SSSR count). The number of hydrogen-bond acceptors (Lipinski definition) is 7. The number of morpholine rings is 1. The first-order chi connectivity index (χ1) is 17.5. The van der Waals surface area contributed by atoms with E-state index < -0.39 is 0 Å². The van der Waals surface area contributed by atoms with E-state index in [4.69, 9.17) is 19.4 Å². The summed E-state index contributed by atoms with van der Waals surface area (Å²) in [6.07, 6.45) is 4.07. The first kappa shape index (κ1) is 22.5. The molecule has 1 aliphatic carbocycles. The fourth-order valence-corrected chi connectivity index (χ4v) is 4.38. The largest absolute Gasteiger partial charge is 0.489 e. The second-order valence-electron chi connectivity index (χ2n) is 9.53. The van der Waals surface area contributed by atoms with Crippen molar-refractivity contribution in [3.05, 3.63) is 42.4 Å². The third-order valence-corrected chi connectivity index (χ3v) is 6.30. The van der Waals surface area contributed by atoms with Gasteiger partial charge in [0.2, 0.25) is 5.95 Å². The molecule has 10 nitrogen and oxygen atoms in total. The molecule has 2 amide bonds. The summed E-state index contributed by atoms with van der Waals surface area (Å²) >= 11 is 0. The van der Waals surface area contributed by atoms with Crippen molar-refractivity contribution in [2.75, 3.05) is 36.9 Å². The van der Waals surface area contributed by atoms with Crippen molar-refractivity contribution >= 4 is 45.3 Å². The maximum Gasteiger partial charge on any atom is 0.322 e. The molecule has 0 bridgehead atoms. The number of aromatic amines is 1. The number of imidazole rings is 1. The predicted octanol–water partition coefficient (Wildman–Crippen LogP) is 4.78. The number of para-hydroxylation sites is 1. The van der Waals surface area contributed by atoms with E-state index in [9.17, 15) is 4.79 Å². The number of urea groups is 1. The molecule has 36 heavy (non-hydrogen) atoms. The number of rotatable bonds is 6. The molecule has 1 saturated heterocycles. The molecule has 3 heterocycles. The summed E-state index contributed by atoms with van der Waals surface area (Å²) in [5, 5.41) is 7.27. The summed E-state index contributed by atoms with van der Waals surface area (Å²) < 4.78 is 11.3. The van der Waals surface area contributed by atoms with Gasteiger partial charge in [0.15, 0.2) is 0 Å². The lowest BCUT2D eigenvalue weighted by Crippen LogP contribution is -2.43. The van der Waals surface area contributed by atoms with Crippen molar-refractivity contribution in [2.24, 2.45) is 0 Å². The maximum atomic E-state index is 13.0. The zero-order valence-corrected chi connectivity index (χ0v) is 20.4. The van der Waals surface area contributed by atoms with Gasteiger partial charge in [0.05, 0.1) is 30.5 Å². The number of benzene rings is 2. The van der Waals surface area contributed by atoms with E-state index in [1.165, 1.54) is 0 Å². The van der Waals surface area contributed by atoms with Gasteiger partial charge in [-0.1, -0.05) is 12.1 Å². The monoisotopic (exact) mass is 487 g/mol. The van der Waals surface area contributed by atoms with Crippen LogP contribution in [0.5, 0.6) is 5.75 Å². The van der Waals surface area contributed by atoms with Crippen LogP contribution in [-0.4, -0.2) is 63.3 Å². The Morgan fingerprint density at radius 1 is 1.17 bits per heavy atom. The maximum absolute atomic E-state index is 13.0. The van der Waals surface area contributed by atoms with Crippen LogP contribution in [0.2, 0.25) is 0 Å². The van der Waals surface area contributed by atoms with Crippen LogP contribution in [0.25, 0.3) is 21.9 Å². The number of amides is 2. The molecular weight excluding hydrogens is 458 g/mol. The van der Waals surface area contributed by atoms with Crippen LogP contribution in [0.3, 0.4) is 0 Å². The lowest BCUT2D eigenvalue weighted by molar-refractivity contribution is 0.0565. The molecule has 0 spiro atoms. The highest BCUT2D eigenvalue weighted by molar-refractivity contribution is 6.01. The molecule has 10 heteroatoms. The summed E-state index contributed by atoms with van der Waals surface area (Å²) in [4.78, 5) is 32.2. The molecule has 0 radical (unpaired) electrons. The molecule has 0 atom stereocenters. The summed E-state index contributed by atoms with van der Waals surface area (Å²) in [5.74, 6) is 2.57. The fourth-order valence-electron chi connectivity index (χ4n) is 4.38. The number of aromatic nitrogens is 4. The minimum absolute atomic E-state index is 0.0306. The van der Waals surface area contributed by atoms with Gasteiger partial charge in [-0.25, -0.2) is 19.7 Å². The molecule has 186 valence electrons. The normalized spacial score (nSPS) is 16.0. The third kappa shape index (κ3) is 4.64. The minimum atomic E-state index is -0.162. The number of ether oxygens (including phenoxy) is 2. The zero-order valence-electron chi connectivity index (χ0n) is 20.4. The lowest BCUT2D eigenvalue weighted by Gasteiger charge is -2.27. The molecule has 4 aromatic rings. The van der Waals surface area contributed by atoms with Crippen LogP contribution >= 0.6 is 0 Å². The van der Waals surface area contributed by atoms with Crippen molar-refractivity contribution in [3.8, 4) is 5.75 Å². The van der Waals surface area contributed by atoms with E-state index in [2.05, 4.69) is 20.6 Å². The number of fused-ring (bicyclic) bond motifs is 2. The molecule has 2 aromatic carbocycles. The first-order valence-corrected chi connectivity index (χ1v) is 12.4. The first-order valence-electron chi connectivity index (χ1n) is 12.4. The van der Waals surface area contributed by atoms with Gasteiger partial charge >= 0.3 is 6.03 Å². The highest BCUT2D eigenvalue weighted by Gasteiger charge is 2.28. The number of hydrogen-bond donors (Lipinski definition) is 3. The smallest absolute Gasteiger partial charge is 0.322 e. The summed E-state index contributed by atoms with van der Waals surface area (Å²) in [6.45, 7) is 6.18. The van der Waals surface area contributed by atoms with Gasteiger partial charge < -0.3 is 30.0 Å². The van der Waals surface area contributed by atoms with E-state index in [1.54, 1.807) is 11.1 Å². The van der Waals surface area contributed by atoms with Crippen LogP contribution in [0.1, 0.15) is 38.4 Å². The van der Waals surface area contributed by atoms with Gasteiger partial charge in [-0.05, 0) is 44.9 Å². The van der Waals surface area contributed by atoms with Gasteiger partial charge in [-0.3, -0.25) is 0 Å². The van der Waals surface area contributed by atoms with Crippen LogP contribution in [-0.2, 0) is 4.74 Å². The Morgan fingerprint density at radius 2 is 2.00 bits per heavy atom. The van der Waals surface area contributed by atoms with Gasteiger partial charge in [0.1, 0.15) is 22.6 Å². The SMILES string of the molecule is CC(C)Oc1cccc2cnc(Nc3cc(NC(=O)N4CCOCC4)c4nc(C5CC5)[nH]c4c3)nc12. The van der Waals surface area contributed by atoms with Gasteiger partial charge in [0.25, 0.3) is 0 Å². The van der Waals surface area contributed by atoms with Gasteiger partial charge in [0, 0.05) is 36.3 Å². The summed E-state index contributed by atoms with van der Waals surface area (Å²) in [6, 6.07) is 9.50. The molecule has 0 unspecified atom stereocenters. The van der Waals surface area contributed by atoms with E-state index in [-0.39, 0.29) is 12.1 Å². The molecular formula is C26H29N7O3. The van der Waals surface area contributed by atoms with Gasteiger partial charge in [-0.15, -0.1) is 0 Å². The highest BCUT2D eigenvalue weighted by Crippen LogP contribution is 2.40. The fraction of sp³-hybridized carbons (Fsp3) is 0.385. The number of nitrogens with one attached hydrogen (secondary N) is 3. The molecule has 3 N–H and O–H groups in total. The third-order valence-electron chi connectivity index (χ3n) is 6.30. The number of nitrogens with zero attached hydrogens (tertiary/aromatic N) is 4. The Hall–Kier alpha value is -3.92. The van der Waals surface area contributed by atoms with E-state index in [1.807, 2.05) is 44.2 Å². The Morgan fingerprint density at radius 3 is 2.78 bits per heavy atom. The topological polar surface area (TPSA) is 117 Å². The number of H-pyrrole nitrogens is 1. The highest BCUT2D eigenvalue weighted by atomic mass is 16.5. The van der Waals surface area contributed by atoms with E-state index in [0.29, 0.717) is 49.6 Å². The van der Waals surface area contributed by atoms with Crippen molar-refractivity contribution in [1.82, 2.24) is 24.8 Å². The lowest BCUT2D eigenvalue weighted by atomic mass is 10.2. The molecule has 1 saturated carbocycles. The second-order valence-corrected chi connectivity index (χ2v) is 9.53. The molecule has 2 fully saturated rings. The summed E-state index contributed by atoms with van der Waals surface area (Å²) in [7, 11) is 0. The Bertz CT molecular complexity index is 1420. The average Bonchev–Trinajstić information content (AvgIpc) is 3.64. The second kappa shape index (κ2) is 9.27. The molecule has 2 aliphatic rings. The number of carbonyl (C=O) groups excluding carboxylic acids is 1. The van der Waals surface area contributed by atoms with Crippen molar-refractivity contribution in [3.63, 3.8) is 0 Å². The predicted molar refractivity (Wildman–Crippen MR) is 138 cm³/mol.